The second kappa shape index (κ2) is 5.99. The minimum atomic E-state index is 0.265. The maximum absolute atomic E-state index is 8.86. The van der Waals surface area contributed by atoms with E-state index in [0.717, 1.165) is 12.1 Å². The summed E-state index contributed by atoms with van der Waals surface area (Å²) in [6.45, 7) is 2.75. The third-order valence-corrected chi connectivity index (χ3v) is 2.10. The van der Waals surface area contributed by atoms with Crippen molar-refractivity contribution in [2.75, 3.05) is 19.0 Å². The highest BCUT2D eigenvalue weighted by atomic mass is 16.5. The van der Waals surface area contributed by atoms with Crippen molar-refractivity contribution in [3.8, 4) is 6.07 Å². The summed E-state index contributed by atoms with van der Waals surface area (Å²) in [6, 6.07) is 4.09. The van der Waals surface area contributed by atoms with Crippen LogP contribution in [0.1, 0.15) is 18.9 Å². The average Bonchev–Trinajstić information content (AvgIpc) is 2.27. The number of methoxy groups -OCH3 is 1. The van der Waals surface area contributed by atoms with E-state index in [4.69, 9.17) is 10.00 Å². The highest BCUT2D eigenvalue weighted by Gasteiger charge is 2.05. The fraction of sp³-hybridized carbons (Fsp3) is 0.455. The molecule has 0 saturated carbocycles. The summed E-state index contributed by atoms with van der Waals surface area (Å²) in [6.07, 6.45) is 4.18. The van der Waals surface area contributed by atoms with E-state index in [9.17, 15) is 0 Å². The highest BCUT2D eigenvalue weighted by Crippen LogP contribution is 2.13. The summed E-state index contributed by atoms with van der Waals surface area (Å²) < 4.78 is 4.99. The van der Waals surface area contributed by atoms with Gasteiger partial charge in [0.1, 0.15) is 6.07 Å². The van der Waals surface area contributed by atoms with Crippen LogP contribution in [0.3, 0.4) is 0 Å². The summed E-state index contributed by atoms with van der Waals surface area (Å²) in [5.41, 5.74) is 1.40. The summed E-state index contributed by atoms with van der Waals surface area (Å²) in [4.78, 5) is 3.98. The number of nitrogens with zero attached hydrogens (tertiary/aromatic N) is 2. The van der Waals surface area contributed by atoms with Crippen molar-refractivity contribution in [2.45, 2.75) is 19.4 Å². The van der Waals surface area contributed by atoms with E-state index in [-0.39, 0.29) is 6.04 Å². The quantitative estimate of drug-likeness (QED) is 0.796. The molecule has 0 aromatic carbocycles. The Morgan fingerprint density at radius 2 is 2.47 bits per heavy atom. The van der Waals surface area contributed by atoms with Crippen LogP contribution in [0.4, 0.5) is 5.69 Å². The molecule has 0 bridgehead atoms. The Morgan fingerprint density at radius 3 is 3.13 bits per heavy atom. The van der Waals surface area contributed by atoms with E-state index < -0.39 is 0 Å². The topological polar surface area (TPSA) is 57.9 Å². The maximum atomic E-state index is 8.86. The molecule has 0 aliphatic rings. The van der Waals surface area contributed by atoms with Gasteiger partial charge >= 0.3 is 0 Å². The number of hydrogen-bond acceptors (Lipinski definition) is 4. The lowest BCUT2D eigenvalue weighted by molar-refractivity contribution is 0.191. The molecule has 1 unspecified atom stereocenters. The average molecular weight is 205 g/mol. The predicted octanol–water partition coefficient (Wildman–Crippen LogP) is 1.79. The lowest BCUT2D eigenvalue weighted by Gasteiger charge is -2.15. The maximum Gasteiger partial charge on any atom is 0.101 e. The van der Waals surface area contributed by atoms with Crippen molar-refractivity contribution in [1.82, 2.24) is 4.98 Å². The zero-order valence-electron chi connectivity index (χ0n) is 9.03. The molecule has 0 aliphatic heterocycles. The minimum Gasteiger partial charge on any atom is -0.385 e. The SMILES string of the molecule is COCCC(C)Nc1cnccc1C#N. The Morgan fingerprint density at radius 1 is 1.67 bits per heavy atom. The minimum absolute atomic E-state index is 0.265. The molecule has 0 aliphatic carbocycles. The van der Waals surface area contributed by atoms with Gasteiger partial charge in [0.15, 0.2) is 0 Å². The number of nitrogens with one attached hydrogen (secondary N) is 1. The zero-order valence-corrected chi connectivity index (χ0v) is 9.03. The molecule has 1 N–H and O–H groups in total. The molecule has 15 heavy (non-hydrogen) atoms. The normalized spacial score (nSPS) is 11.8. The van der Waals surface area contributed by atoms with Crippen molar-refractivity contribution in [1.29, 1.82) is 5.26 Å². The molecule has 80 valence electrons. The molecule has 1 rings (SSSR count). The number of aromatic nitrogens is 1. The number of pyridine rings is 1. The van der Waals surface area contributed by atoms with Crippen molar-refractivity contribution in [3.05, 3.63) is 24.0 Å². The number of ether oxygens (including phenoxy) is 1. The Hall–Kier alpha value is -1.60. The summed E-state index contributed by atoms with van der Waals surface area (Å²) in [7, 11) is 1.68. The van der Waals surface area contributed by atoms with Crippen LogP contribution in [0.5, 0.6) is 0 Å². The largest absolute Gasteiger partial charge is 0.385 e. The Balaban J connectivity index is 2.60. The molecule has 0 amide bonds. The van der Waals surface area contributed by atoms with Gasteiger partial charge in [0.05, 0.1) is 17.4 Å². The summed E-state index contributed by atoms with van der Waals surface area (Å²) in [5.74, 6) is 0. The fourth-order valence-electron chi connectivity index (χ4n) is 1.24. The smallest absolute Gasteiger partial charge is 0.101 e. The van der Waals surface area contributed by atoms with Gasteiger partial charge in [0.25, 0.3) is 0 Å². The van der Waals surface area contributed by atoms with Gasteiger partial charge in [-0.2, -0.15) is 5.26 Å². The van der Waals surface area contributed by atoms with Crippen LogP contribution in [0.25, 0.3) is 0 Å². The van der Waals surface area contributed by atoms with Crippen molar-refractivity contribution in [2.24, 2.45) is 0 Å². The number of nitriles is 1. The molecule has 4 heteroatoms. The Kier molecular flexibility index (Phi) is 4.58. The van der Waals surface area contributed by atoms with Gasteiger partial charge in [-0.3, -0.25) is 4.98 Å². The van der Waals surface area contributed by atoms with Crippen LogP contribution in [0, 0.1) is 11.3 Å². The van der Waals surface area contributed by atoms with E-state index in [0.29, 0.717) is 12.2 Å². The van der Waals surface area contributed by atoms with E-state index >= 15 is 0 Å². The molecule has 1 heterocycles. The van der Waals surface area contributed by atoms with Gasteiger partial charge < -0.3 is 10.1 Å². The first-order chi connectivity index (χ1) is 7.27. The lowest BCUT2D eigenvalue weighted by Crippen LogP contribution is -2.17. The van der Waals surface area contributed by atoms with E-state index in [1.54, 1.807) is 25.6 Å². The molecular weight excluding hydrogens is 190 g/mol. The molecule has 0 saturated heterocycles. The Bertz CT molecular complexity index is 346. The highest BCUT2D eigenvalue weighted by molar-refractivity contribution is 5.55. The second-order valence-corrected chi connectivity index (χ2v) is 3.36. The molecule has 0 fully saturated rings. The predicted molar refractivity (Wildman–Crippen MR) is 58.5 cm³/mol. The van der Waals surface area contributed by atoms with Crippen molar-refractivity contribution in [3.63, 3.8) is 0 Å². The van der Waals surface area contributed by atoms with E-state index in [1.807, 2.05) is 6.92 Å². The van der Waals surface area contributed by atoms with Gasteiger partial charge in [-0.1, -0.05) is 0 Å². The van der Waals surface area contributed by atoms with E-state index in [1.165, 1.54) is 0 Å². The van der Waals surface area contributed by atoms with Gasteiger partial charge in [0.2, 0.25) is 0 Å². The molecule has 1 aromatic rings. The lowest BCUT2D eigenvalue weighted by atomic mass is 10.2. The van der Waals surface area contributed by atoms with E-state index in [2.05, 4.69) is 16.4 Å². The van der Waals surface area contributed by atoms with Crippen LogP contribution < -0.4 is 5.32 Å². The third kappa shape index (κ3) is 3.56. The van der Waals surface area contributed by atoms with Crippen molar-refractivity contribution < 1.29 is 4.74 Å². The second-order valence-electron chi connectivity index (χ2n) is 3.36. The first kappa shape index (κ1) is 11.5. The van der Waals surface area contributed by atoms with Crippen LogP contribution in [-0.2, 0) is 4.74 Å². The molecule has 4 nitrogen and oxygen atoms in total. The first-order valence-corrected chi connectivity index (χ1v) is 4.87. The molecule has 0 spiro atoms. The summed E-state index contributed by atoms with van der Waals surface area (Å²) in [5, 5.41) is 12.1. The van der Waals surface area contributed by atoms with Crippen LogP contribution in [0.15, 0.2) is 18.5 Å². The number of rotatable bonds is 5. The first-order valence-electron chi connectivity index (χ1n) is 4.87. The number of hydrogen-bond donors (Lipinski definition) is 1. The van der Waals surface area contributed by atoms with Crippen LogP contribution >= 0.6 is 0 Å². The number of anilines is 1. The van der Waals surface area contributed by atoms with Gasteiger partial charge in [-0.05, 0) is 19.4 Å². The van der Waals surface area contributed by atoms with Crippen LogP contribution in [-0.4, -0.2) is 24.7 Å². The monoisotopic (exact) mass is 205 g/mol. The van der Waals surface area contributed by atoms with Crippen LogP contribution in [0.2, 0.25) is 0 Å². The van der Waals surface area contributed by atoms with Gasteiger partial charge in [0, 0.05) is 26.0 Å². The fourth-order valence-corrected chi connectivity index (χ4v) is 1.24. The molecule has 1 atom stereocenters. The molecular formula is C11H15N3O. The van der Waals surface area contributed by atoms with Gasteiger partial charge in [-0.25, -0.2) is 0 Å². The van der Waals surface area contributed by atoms with Gasteiger partial charge in [-0.15, -0.1) is 0 Å². The molecule has 0 radical (unpaired) electrons. The zero-order chi connectivity index (χ0) is 11.1. The standard InChI is InChI=1S/C11H15N3O/c1-9(4-6-15-2)14-11-8-13-5-3-10(11)7-12/h3,5,8-9,14H,4,6H2,1-2H3. The Labute approximate surface area is 89.9 Å². The molecule has 1 aromatic heterocycles. The van der Waals surface area contributed by atoms with Crippen molar-refractivity contribution >= 4 is 5.69 Å². The summed E-state index contributed by atoms with van der Waals surface area (Å²) >= 11 is 0. The third-order valence-electron chi connectivity index (χ3n) is 2.10.